The Labute approximate surface area is 159 Å². The van der Waals surface area contributed by atoms with Crippen molar-refractivity contribution in [2.24, 2.45) is 5.92 Å². The molecule has 0 saturated carbocycles. The number of aromatic nitrogens is 2. The first-order valence-electron chi connectivity index (χ1n) is 9.03. The first kappa shape index (κ1) is 18.5. The van der Waals surface area contributed by atoms with Crippen LogP contribution in [0.2, 0.25) is 5.02 Å². The van der Waals surface area contributed by atoms with Gasteiger partial charge in [0, 0.05) is 19.5 Å². The van der Waals surface area contributed by atoms with Crippen LogP contribution in [0.4, 0.5) is 0 Å². The van der Waals surface area contributed by atoms with E-state index in [2.05, 4.69) is 41.9 Å². The number of halogens is 1. The molecule has 1 N–H and O–H groups in total. The number of nitrogens with zero attached hydrogens (tertiary/aromatic N) is 2. The molecular formula is C21H24ClN3O. The molecule has 26 heavy (non-hydrogen) atoms. The van der Waals surface area contributed by atoms with Gasteiger partial charge in [-0.1, -0.05) is 49.7 Å². The van der Waals surface area contributed by atoms with Crippen LogP contribution < -0.4 is 5.32 Å². The molecule has 0 fully saturated rings. The normalized spacial score (nSPS) is 11.2. The van der Waals surface area contributed by atoms with Crippen LogP contribution in [0.1, 0.15) is 36.5 Å². The van der Waals surface area contributed by atoms with Crippen molar-refractivity contribution in [2.45, 2.75) is 33.2 Å². The molecule has 0 spiro atoms. The van der Waals surface area contributed by atoms with Gasteiger partial charge in [0.05, 0.1) is 21.6 Å². The number of aryl methyl sites for hydroxylation is 1. The third kappa shape index (κ3) is 4.25. The summed E-state index contributed by atoms with van der Waals surface area (Å²) >= 11 is 6.07. The van der Waals surface area contributed by atoms with Crippen molar-refractivity contribution in [3.8, 4) is 0 Å². The molecule has 2 aromatic carbocycles. The number of hydrogen-bond donors (Lipinski definition) is 1. The van der Waals surface area contributed by atoms with Gasteiger partial charge in [0.2, 0.25) is 0 Å². The molecule has 0 unspecified atom stereocenters. The average Bonchev–Trinajstić information content (AvgIpc) is 2.96. The standard InChI is InChI=1S/C21H24ClN3O/c1-15(2)14-25-19-11-6-5-10-18(19)24-20(25)12-7-13-23-21(26)16-8-3-4-9-17(16)22/h3-6,8-11,15H,7,12-14H2,1-2H3,(H,23,26). The minimum absolute atomic E-state index is 0.133. The van der Waals surface area contributed by atoms with E-state index < -0.39 is 0 Å². The van der Waals surface area contributed by atoms with Gasteiger partial charge in [-0.05, 0) is 36.6 Å². The highest BCUT2D eigenvalue weighted by atomic mass is 35.5. The van der Waals surface area contributed by atoms with Crippen molar-refractivity contribution >= 4 is 28.5 Å². The fraction of sp³-hybridized carbons (Fsp3) is 0.333. The first-order chi connectivity index (χ1) is 12.6. The molecule has 1 aromatic heterocycles. The predicted octanol–water partition coefficient (Wildman–Crippen LogP) is 4.71. The number of amides is 1. The van der Waals surface area contributed by atoms with Gasteiger partial charge in [-0.25, -0.2) is 4.98 Å². The number of fused-ring (bicyclic) bond motifs is 1. The van der Waals surface area contributed by atoms with E-state index in [0.717, 1.165) is 30.7 Å². The van der Waals surface area contributed by atoms with Gasteiger partial charge in [-0.2, -0.15) is 0 Å². The second-order valence-electron chi connectivity index (χ2n) is 6.86. The minimum Gasteiger partial charge on any atom is -0.352 e. The Balaban J connectivity index is 1.63. The largest absolute Gasteiger partial charge is 0.352 e. The van der Waals surface area contributed by atoms with Gasteiger partial charge < -0.3 is 9.88 Å². The second-order valence-corrected chi connectivity index (χ2v) is 7.27. The first-order valence-corrected chi connectivity index (χ1v) is 9.41. The van der Waals surface area contributed by atoms with Crippen molar-refractivity contribution in [1.29, 1.82) is 0 Å². The van der Waals surface area contributed by atoms with Crippen molar-refractivity contribution in [1.82, 2.24) is 14.9 Å². The third-order valence-electron chi connectivity index (χ3n) is 4.26. The van der Waals surface area contributed by atoms with Gasteiger partial charge in [0.25, 0.3) is 5.91 Å². The molecule has 5 heteroatoms. The summed E-state index contributed by atoms with van der Waals surface area (Å²) < 4.78 is 2.30. The maximum absolute atomic E-state index is 12.2. The number of hydrogen-bond acceptors (Lipinski definition) is 2. The highest BCUT2D eigenvalue weighted by molar-refractivity contribution is 6.33. The topological polar surface area (TPSA) is 46.9 Å². The molecule has 0 saturated heterocycles. The van der Waals surface area contributed by atoms with E-state index in [1.54, 1.807) is 12.1 Å². The summed E-state index contributed by atoms with van der Waals surface area (Å²) in [5.74, 6) is 1.49. The predicted molar refractivity (Wildman–Crippen MR) is 107 cm³/mol. The van der Waals surface area contributed by atoms with E-state index in [1.807, 2.05) is 18.2 Å². The van der Waals surface area contributed by atoms with Crippen LogP contribution in [0.5, 0.6) is 0 Å². The summed E-state index contributed by atoms with van der Waals surface area (Å²) in [5.41, 5.74) is 2.72. The molecule has 3 aromatic rings. The second kappa shape index (κ2) is 8.37. The number of para-hydroxylation sites is 2. The molecule has 0 aliphatic rings. The maximum Gasteiger partial charge on any atom is 0.252 e. The maximum atomic E-state index is 12.2. The summed E-state index contributed by atoms with van der Waals surface area (Å²) in [7, 11) is 0. The Hall–Kier alpha value is -2.33. The van der Waals surface area contributed by atoms with Crippen molar-refractivity contribution < 1.29 is 4.79 Å². The summed E-state index contributed by atoms with van der Waals surface area (Å²) in [4.78, 5) is 17.0. The zero-order valence-corrected chi connectivity index (χ0v) is 16.0. The van der Waals surface area contributed by atoms with Crippen molar-refractivity contribution in [2.75, 3.05) is 6.54 Å². The van der Waals surface area contributed by atoms with E-state index in [9.17, 15) is 4.79 Å². The summed E-state index contributed by atoms with van der Waals surface area (Å²) in [6, 6.07) is 15.3. The number of carbonyl (C=O) groups excluding carboxylic acids is 1. The van der Waals surface area contributed by atoms with Crippen LogP contribution in [0, 0.1) is 5.92 Å². The minimum atomic E-state index is -0.133. The highest BCUT2D eigenvalue weighted by Crippen LogP contribution is 2.19. The number of rotatable bonds is 7. The lowest BCUT2D eigenvalue weighted by atomic mass is 10.2. The van der Waals surface area contributed by atoms with Gasteiger partial charge in [-0.15, -0.1) is 0 Å². The SMILES string of the molecule is CC(C)Cn1c(CCCNC(=O)c2ccccc2Cl)nc2ccccc21. The van der Waals surface area contributed by atoms with Gasteiger partial charge in [0.1, 0.15) is 5.82 Å². The van der Waals surface area contributed by atoms with Crippen LogP contribution >= 0.6 is 11.6 Å². The third-order valence-corrected chi connectivity index (χ3v) is 4.59. The number of carbonyl (C=O) groups is 1. The lowest BCUT2D eigenvalue weighted by Gasteiger charge is -2.12. The van der Waals surface area contributed by atoms with Crippen molar-refractivity contribution in [3.63, 3.8) is 0 Å². The molecule has 0 aliphatic carbocycles. The van der Waals surface area contributed by atoms with Crippen LogP contribution in [-0.2, 0) is 13.0 Å². The van der Waals surface area contributed by atoms with Crippen LogP contribution in [-0.4, -0.2) is 22.0 Å². The van der Waals surface area contributed by atoms with Gasteiger partial charge >= 0.3 is 0 Å². The van der Waals surface area contributed by atoms with E-state index in [-0.39, 0.29) is 5.91 Å². The Kier molecular flexibility index (Phi) is 5.94. The average molecular weight is 370 g/mol. The Morgan fingerprint density at radius 3 is 2.65 bits per heavy atom. The van der Waals surface area contributed by atoms with Crippen LogP contribution in [0.25, 0.3) is 11.0 Å². The Morgan fingerprint density at radius 2 is 1.88 bits per heavy atom. The highest BCUT2D eigenvalue weighted by Gasteiger charge is 2.12. The molecule has 0 radical (unpaired) electrons. The van der Waals surface area contributed by atoms with Crippen LogP contribution in [0.15, 0.2) is 48.5 Å². The molecule has 4 nitrogen and oxygen atoms in total. The molecule has 0 atom stereocenters. The summed E-state index contributed by atoms with van der Waals surface area (Å²) in [5, 5.41) is 3.42. The smallest absolute Gasteiger partial charge is 0.252 e. The van der Waals surface area contributed by atoms with E-state index in [4.69, 9.17) is 16.6 Å². The molecular weight excluding hydrogens is 346 g/mol. The molecule has 1 amide bonds. The summed E-state index contributed by atoms with van der Waals surface area (Å²) in [6.07, 6.45) is 1.65. The number of imidazole rings is 1. The number of nitrogens with one attached hydrogen (secondary N) is 1. The monoisotopic (exact) mass is 369 g/mol. The van der Waals surface area contributed by atoms with Gasteiger partial charge in [0.15, 0.2) is 0 Å². The Bertz CT molecular complexity index is 901. The molecule has 1 heterocycles. The van der Waals surface area contributed by atoms with E-state index >= 15 is 0 Å². The summed E-state index contributed by atoms with van der Waals surface area (Å²) in [6.45, 7) is 5.96. The molecule has 136 valence electrons. The zero-order chi connectivity index (χ0) is 18.5. The fourth-order valence-electron chi connectivity index (χ4n) is 3.07. The van der Waals surface area contributed by atoms with E-state index in [0.29, 0.717) is 23.0 Å². The quantitative estimate of drug-likeness (QED) is 0.613. The lowest BCUT2D eigenvalue weighted by Crippen LogP contribution is -2.25. The Morgan fingerprint density at radius 1 is 1.15 bits per heavy atom. The number of benzene rings is 2. The van der Waals surface area contributed by atoms with E-state index in [1.165, 1.54) is 5.52 Å². The van der Waals surface area contributed by atoms with Crippen molar-refractivity contribution in [3.05, 3.63) is 64.9 Å². The lowest BCUT2D eigenvalue weighted by molar-refractivity contribution is 0.0953. The molecule has 3 rings (SSSR count). The van der Waals surface area contributed by atoms with Crippen LogP contribution in [0.3, 0.4) is 0 Å². The van der Waals surface area contributed by atoms with Gasteiger partial charge in [-0.3, -0.25) is 4.79 Å². The zero-order valence-electron chi connectivity index (χ0n) is 15.2. The molecule has 0 bridgehead atoms. The fourth-order valence-corrected chi connectivity index (χ4v) is 3.30. The molecule has 0 aliphatic heterocycles.